The van der Waals surface area contributed by atoms with Crippen molar-refractivity contribution in [2.24, 2.45) is 5.84 Å². The number of methoxy groups -OCH3 is 1. The van der Waals surface area contributed by atoms with Crippen molar-refractivity contribution < 1.29 is 4.74 Å². The lowest BCUT2D eigenvalue weighted by Gasteiger charge is -2.08. The molecule has 2 rings (SSSR count). The Morgan fingerprint density at radius 1 is 1.29 bits per heavy atom. The average molecular weight is 251 g/mol. The van der Waals surface area contributed by atoms with Crippen LogP contribution in [0, 0.1) is 0 Å². The fourth-order valence-electron chi connectivity index (χ4n) is 1.47. The number of hydrazine groups is 1. The van der Waals surface area contributed by atoms with Gasteiger partial charge in [0.15, 0.2) is 5.82 Å². The van der Waals surface area contributed by atoms with E-state index in [0.717, 1.165) is 5.56 Å². The number of benzene rings is 1. The van der Waals surface area contributed by atoms with Crippen LogP contribution >= 0.6 is 11.6 Å². The molecule has 0 spiro atoms. The number of hydrogen-bond donors (Lipinski definition) is 2. The molecule has 0 unspecified atom stereocenters. The van der Waals surface area contributed by atoms with Crippen LogP contribution in [0.2, 0.25) is 5.02 Å². The SMILES string of the molecule is COc1ccc(-c2nccnc2NN)cc1Cl. The molecule has 0 aliphatic rings. The zero-order chi connectivity index (χ0) is 12.3. The number of rotatable bonds is 3. The molecule has 5 nitrogen and oxygen atoms in total. The molecule has 6 heteroatoms. The minimum Gasteiger partial charge on any atom is -0.495 e. The van der Waals surface area contributed by atoms with Crippen LogP contribution in [0.3, 0.4) is 0 Å². The van der Waals surface area contributed by atoms with Gasteiger partial charge in [-0.3, -0.25) is 4.98 Å². The van der Waals surface area contributed by atoms with E-state index in [4.69, 9.17) is 22.2 Å². The van der Waals surface area contributed by atoms with Gasteiger partial charge in [-0.2, -0.15) is 0 Å². The summed E-state index contributed by atoms with van der Waals surface area (Å²) in [5, 5.41) is 0.513. The maximum Gasteiger partial charge on any atom is 0.166 e. The lowest BCUT2D eigenvalue weighted by Crippen LogP contribution is -2.10. The predicted molar refractivity (Wildman–Crippen MR) is 66.8 cm³/mol. The van der Waals surface area contributed by atoms with Crippen LogP contribution in [-0.2, 0) is 0 Å². The van der Waals surface area contributed by atoms with Crippen LogP contribution in [0.15, 0.2) is 30.6 Å². The van der Waals surface area contributed by atoms with Gasteiger partial charge in [0, 0.05) is 18.0 Å². The first-order valence-electron chi connectivity index (χ1n) is 4.88. The van der Waals surface area contributed by atoms with E-state index in [0.29, 0.717) is 22.3 Å². The fourth-order valence-corrected chi connectivity index (χ4v) is 1.73. The monoisotopic (exact) mass is 250 g/mol. The molecule has 0 radical (unpaired) electrons. The molecular weight excluding hydrogens is 240 g/mol. The fraction of sp³-hybridized carbons (Fsp3) is 0.0909. The zero-order valence-corrected chi connectivity index (χ0v) is 9.90. The largest absolute Gasteiger partial charge is 0.495 e. The van der Waals surface area contributed by atoms with Gasteiger partial charge in [0.05, 0.1) is 12.1 Å². The van der Waals surface area contributed by atoms with Crippen molar-refractivity contribution in [1.29, 1.82) is 0 Å². The maximum atomic E-state index is 6.05. The number of aromatic nitrogens is 2. The third kappa shape index (κ3) is 2.30. The van der Waals surface area contributed by atoms with E-state index in [-0.39, 0.29) is 0 Å². The van der Waals surface area contributed by atoms with Crippen LogP contribution in [0.5, 0.6) is 5.75 Å². The molecule has 0 atom stereocenters. The quantitative estimate of drug-likeness (QED) is 0.645. The highest BCUT2D eigenvalue weighted by molar-refractivity contribution is 6.32. The van der Waals surface area contributed by atoms with Gasteiger partial charge in [-0.15, -0.1) is 0 Å². The first-order valence-corrected chi connectivity index (χ1v) is 5.25. The van der Waals surface area contributed by atoms with E-state index in [9.17, 15) is 0 Å². The summed E-state index contributed by atoms with van der Waals surface area (Å²) >= 11 is 6.05. The van der Waals surface area contributed by atoms with Crippen LogP contribution in [0.1, 0.15) is 0 Å². The molecule has 17 heavy (non-hydrogen) atoms. The van der Waals surface area contributed by atoms with Gasteiger partial charge in [0.2, 0.25) is 0 Å². The lowest BCUT2D eigenvalue weighted by atomic mass is 10.1. The number of nitrogens with one attached hydrogen (secondary N) is 1. The third-order valence-corrected chi connectivity index (χ3v) is 2.56. The maximum absolute atomic E-state index is 6.05. The van der Waals surface area contributed by atoms with Crippen molar-refractivity contribution in [3.8, 4) is 17.0 Å². The minimum absolute atomic E-state index is 0.494. The van der Waals surface area contributed by atoms with Crippen molar-refractivity contribution in [2.45, 2.75) is 0 Å². The van der Waals surface area contributed by atoms with Crippen LogP contribution in [-0.4, -0.2) is 17.1 Å². The Kier molecular flexibility index (Phi) is 3.41. The highest BCUT2D eigenvalue weighted by Gasteiger charge is 2.09. The highest BCUT2D eigenvalue weighted by atomic mass is 35.5. The molecule has 0 aliphatic heterocycles. The summed E-state index contributed by atoms with van der Waals surface area (Å²) in [6, 6.07) is 5.37. The normalized spacial score (nSPS) is 10.1. The van der Waals surface area contributed by atoms with Gasteiger partial charge in [0.25, 0.3) is 0 Å². The predicted octanol–water partition coefficient (Wildman–Crippen LogP) is 2.09. The van der Waals surface area contributed by atoms with Gasteiger partial charge in [-0.1, -0.05) is 11.6 Å². The van der Waals surface area contributed by atoms with Gasteiger partial charge in [0.1, 0.15) is 11.4 Å². The molecule has 1 heterocycles. The topological polar surface area (TPSA) is 73.1 Å². The van der Waals surface area contributed by atoms with Crippen LogP contribution in [0.4, 0.5) is 5.82 Å². The molecule has 1 aromatic heterocycles. The number of anilines is 1. The standard InChI is InChI=1S/C11H11ClN4O/c1-17-9-3-2-7(6-8(9)12)10-11(16-13)15-5-4-14-10/h2-6H,13H2,1H3,(H,15,16). The number of halogens is 1. The summed E-state index contributed by atoms with van der Waals surface area (Å²) in [5.41, 5.74) is 3.95. The minimum atomic E-state index is 0.494. The van der Waals surface area contributed by atoms with E-state index in [1.807, 2.05) is 6.07 Å². The molecular formula is C11H11ClN4O. The number of nitrogens with two attached hydrogens (primary N) is 1. The Labute approximate surface area is 104 Å². The van der Waals surface area contributed by atoms with Crippen LogP contribution in [0.25, 0.3) is 11.3 Å². The number of ether oxygens (including phenoxy) is 1. The smallest absolute Gasteiger partial charge is 0.166 e. The summed E-state index contributed by atoms with van der Waals surface area (Å²) in [6.07, 6.45) is 3.15. The third-order valence-electron chi connectivity index (χ3n) is 2.26. The Balaban J connectivity index is 2.49. The number of nitrogens with zero attached hydrogens (tertiary/aromatic N) is 2. The Morgan fingerprint density at radius 3 is 2.71 bits per heavy atom. The summed E-state index contributed by atoms with van der Waals surface area (Å²) in [5.74, 6) is 6.48. The van der Waals surface area contributed by atoms with E-state index in [2.05, 4.69) is 15.4 Å². The second kappa shape index (κ2) is 4.99. The summed E-state index contributed by atoms with van der Waals surface area (Å²) in [7, 11) is 1.57. The molecule has 0 saturated carbocycles. The van der Waals surface area contributed by atoms with Crippen LogP contribution < -0.4 is 16.0 Å². The van der Waals surface area contributed by atoms with Gasteiger partial charge < -0.3 is 10.2 Å². The summed E-state index contributed by atoms with van der Waals surface area (Å²) in [6.45, 7) is 0. The van der Waals surface area contributed by atoms with Crippen molar-refractivity contribution >= 4 is 17.4 Å². The lowest BCUT2D eigenvalue weighted by molar-refractivity contribution is 0.415. The zero-order valence-electron chi connectivity index (χ0n) is 9.14. The van der Waals surface area contributed by atoms with Crippen molar-refractivity contribution in [1.82, 2.24) is 9.97 Å². The summed E-state index contributed by atoms with van der Waals surface area (Å²) in [4.78, 5) is 8.28. The van der Waals surface area contributed by atoms with Crippen molar-refractivity contribution in [2.75, 3.05) is 12.5 Å². The van der Waals surface area contributed by atoms with Crippen molar-refractivity contribution in [3.63, 3.8) is 0 Å². The first-order chi connectivity index (χ1) is 8.26. The first kappa shape index (κ1) is 11.6. The molecule has 0 bridgehead atoms. The number of hydrogen-bond acceptors (Lipinski definition) is 5. The second-order valence-electron chi connectivity index (χ2n) is 3.25. The van der Waals surface area contributed by atoms with E-state index >= 15 is 0 Å². The van der Waals surface area contributed by atoms with Gasteiger partial charge >= 0.3 is 0 Å². The molecule has 3 N–H and O–H groups in total. The Hall–Kier alpha value is -1.85. The summed E-state index contributed by atoms with van der Waals surface area (Å²) < 4.78 is 5.08. The molecule has 0 fully saturated rings. The van der Waals surface area contributed by atoms with E-state index < -0.39 is 0 Å². The van der Waals surface area contributed by atoms with Crippen molar-refractivity contribution in [3.05, 3.63) is 35.6 Å². The second-order valence-corrected chi connectivity index (χ2v) is 3.65. The molecule has 2 aromatic rings. The molecule has 0 saturated heterocycles. The molecule has 1 aromatic carbocycles. The highest BCUT2D eigenvalue weighted by Crippen LogP contribution is 2.31. The Bertz CT molecular complexity index is 533. The van der Waals surface area contributed by atoms with E-state index in [1.165, 1.54) is 0 Å². The van der Waals surface area contributed by atoms with Gasteiger partial charge in [-0.25, -0.2) is 10.8 Å². The molecule has 0 amide bonds. The molecule has 88 valence electrons. The van der Waals surface area contributed by atoms with Gasteiger partial charge in [-0.05, 0) is 18.2 Å². The van der Waals surface area contributed by atoms with E-state index in [1.54, 1.807) is 31.6 Å². The Morgan fingerprint density at radius 2 is 2.06 bits per heavy atom. The molecule has 0 aliphatic carbocycles. The number of nitrogen functional groups attached to an aromatic ring is 1. The average Bonchev–Trinajstić information content (AvgIpc) is 2.38.